The number of benzene rings is 1. The van der Waals surface area contributed by atoms with Gasteiger partial charge in [-0.05, 0) is 31.5 Å². The van der Waals surface area contributed by atoms with Gasteiger partial charge in [0.2, 0.25) is 0 Å². The Balaban J connectivity index is 3.06. The molecule has 0 fully saturated rings. The number of halogens is 2. The number of aliphatic hydroxyl groups is 1. The van der Waals surface area contributed by atoms with E-state index in [9.17, 15) is 0 Å². The summed E-state index contributed by atoms with van der Waals surface area (Å²) in [6.07, 6.45) is -0.919. The molecule has 2 nitrogen and oxygen atoms in total. The summed E-state index contributed by atoms with van der Waals surface area (Å²) in [5.41, 5.74) is 0.952. The maximum absolute atomic E-state index is 8.98. The standard InChI is InChI=1S/C9H10Cl2O2/c1-5-3-7(10)9(8(11)4-5)13-6(2)12/h3-4,6,12H,1-2H3. The topological polar surface area (TPSA) is 29.5 Å². The molecular formula is C9H10Cl2O2. The van der Waals surface area contributed by atoms with E-state index < -0.39 is 6.29 Å². The van der Waals surface area contributed by atoms with Gasteiger partial charge in [-0.2, -0.15) is 0 Å². The van der Waals surface area contributed by atoms with E-state index >= 15 is 0 Å². The van der Waals surface area contributed by atoms with E-state index in [0.717, 1.165) is 5.56 Å². The molecule has 1 N–H and O–H groups in total. The molecule has 4 heteroatoms. The van der Waals surface area contributed by atoms with Crippen molar-refractivity contribution in [2.45, 2.75) is 20.1 Å². The lowest BCUT2D eigenvalue weighted by Gasteiger charge is -2.12. The van der Waals surface area contributed by atoms with Crippen LogP contribution in [0.25, 0.3) is 0 Å². The molecule has 1 unspecified atom stereocenters. The molecule has 0 saturated heterocycles. The van der Waals surface area contributed by atoms with Crippen LogP contribution in [0.15, 0.2) is 12.1 Å². The third kappa shape index (κ3) is 2.76. The van der Waals surface area contributed by atoms with Crippen molar-refractivity contribution in [1.82, 2.24) is 0 Å². The smallest absolute Gasteiger partial charge is 0.194 e. The molecular weight excluding hydrogens is 211 g/mol. The van der Waals surface area contributed by atoms with Crippen LogP contribution in [0.5, 0.6) is 5.75 Å². The third-order valence-corrected chi connectivity index (χ3v) is 1.99. The maximum atomic E-state index is 8.98. The van der Waals surface area contributed by atoms with Gasteiger partial charge in [0.05, 0.1) is 10.0 Å². The fourth-order valence-corrected chi connectivity index (χ4v) is 1.66. The summed E-state index contributed by atoms with van der Waals surface area (Å²) in [4.78, 5) is 0. The Hall–Kier alpha value is -0.440. The van der Waals surface area contributed by atoms with Crippen molar-refractivity contribution < 1.29 is 9.84 Å². The van der Waals surface area contributed by atoms with Gasteiger partial charge in [-0.25, -0.2) is 0 Å². The molecule has 0 aromatic heterocycles. The first-order valence-electron chi connectivity index (χ1n) is 3.81. The number of ether oxygens (including phenoxy) is 1. The molecule has 0 aliphatic rings. The average Bonchev–Trinajstić information content (AvgIpc) is 1.96. The molecule has 0 heterocycles. The monoisotopic (exact) mass is 220 g/mol. The van der Waals surface area contributed by atoms with E-state index in [4.69, 9.17) is 33.0 Å². The first-order chi connectivity index (χ1) is 6.00. The molecule has 0 aliphatic carbocycles. The number of rotatable bonds is 2. The minimum Gasteiger partial charge on any atom is -0.462 e. The minimum atomic E-state index is -0.919. The van der Waals surface area contributed by atoms with Crippen LogP contribution in [0.4, 0.5) is 0 Å². The van der Waals surface area contributed by atoms with Crippen molar-refractivity contribution in [3.63, 3.8) is 0 Å². The van der Waals surface area contributed by atoms with Crippen molar-refractivity contribution in [3.8, 4) is 5.75 Å². The fourth-order valence-electron chi connectivity index (χ4n) is 0.970. The van der Waals surface area contributed by atoms with Gasteiger partial charge in [0.1, 0.15) is 0 Å². The van der Waals surface area contributed by atoms with Crippen LogP contribution in [-0.4, -0.2) is 11.4 Å². The van der Waals surface area contributed by atoms with Crippen molar-refractivity contribution in [1.29, 1.82) is 0 Å². The Morgan fingerprint density at radius 2 is 1.77 bits per heavy atom. The molecule has 0 aliphatic heterocycles. The van der Waals surface area contributed by atoms with Crippen LogP contribution in [0.2, 0.25) is 10.0 Å². The zero-order valence-electron chi connectivity index (χ0n) is 7.34. The highest BCUT2D eigenvalue weighted by molar-refractivity contribution is 6.37. The second-order valence-electron chi connectivity index (χ2n) is 2.77. The molecule has 1 atom stereocenters. The van der Waals surface area contributed by atoms with Gasteiger partial charge in [0.15, 0.2) is 12.0 Å². The van der Waals surface area contributed by atoms with Crippen LogP contribution in [-0.2, 0) is 0 Å². The SMILES string of the molecule is Cc1cc(Cl)c(OC(C)O)c(Cl)c1. The third-order valence-electron chi connectivity index (χ3n) is 1.43. The van der Waals surface area contributed by atoms with Gasteiger partial charge in [-0.3, -0.25) is 0 Å². The van der Waals surface area contributed by atoms with Gasteiger partial charge in [0.25, 0.3) is 0 Å². The van der Waals surface area contributed by atoms with Gasteiger partial charge in [0, 0.05) is 0 Å². The lowest BCUT2D eigenvalue weighted by Crippen LogP contribution is -2.10. The Morgan fingerprint density at radius 1 is 1.31 bits per heavy atom. The highest BCUT2D eigenvalue weighted by Gasteiger charge is 2.10. The summed E-state index contributed by atoms with van der Waals surface area (Å²) < 4.78 is 5.02. The van der Waals surface area contributed by atoms with Gasteiger partial charge < -0.3 is 9.84 Å². The molecule has 1 aromatic carbocycles. The quantitative estimate of drug-likeness (QED) is 0.777. The minimum absolute atomic E-state index is 0.323. The summed E-state index contributed by atoms with van der Waals surface area (Å²) in [5, 5.41) is 9.80. The van der Waals surface area contributed by atoms with Gasteiger partial charge in [-0.15, -0.1) is 0 Å². The van der Waals surface area contributed by atoms with Crippen LogP contribution in [0.1, 0.15) is 12.5 Å². The van der Waals surface area contributed by atoms with Crippen LogP contribution in [0.3, 0.4) is 0 Å². The van der Waals surface area contributed by atoms with Crippen molar-refractivity contribution in [2.75, 3.05) is 0 Å². The molecule has 0 bridgehead atoms. The lowest BCUT2D eigenvalue weighted by atomic mass is 10.2. The van der Waals surface area contributed by atoms with E-state index in [0.29, 0.717) is 15.8 Å². The van der Waals surface area contributed by atoms with Crippen molar-refractivity contribution >= 4 is 23.2 Å². The summed E-state index contributed by atoms with van der Waals surface area (Å²) in [6.45, 7) is 3.37. The second-order valence-corrected chi connectivity index (χ2v) is 3.59. The summed E-state index contributed by atoms with van der Waals surface area (Å²) in [7, 11) is 0. The zero-order chi connectivity index (χ0) is 10.0. The molecule has 0 radical (unpaired) electrons. The van der Waals surface area contributed by atoms with Crippen LogP contribution in [0, 0.1) is 6.92 Å². The van der Waals surface area contributed by atoms with Crippen LogP contribution >= 0.6 is 23.2 Å². The Bertz CT molecular complexity index is 287. The van der Waals surface area contributed by atoms with E-state index in [1.807, 2.05) is 6.92 Å². The van der Waals surface area contributed by atoms with Crippen molar-refractivity contribution in [3.05, 3.63) is 27.7 Å². The molecule has 0 amide bonds. The predicted molar refractivity (Wildman–Crippen MR) is 53.5 cm³/mol. The molecule has 72 valence electrons. The Labute approximate surface area is 87.0 Å². The number of aliphatic hydroxyl groups excluding tert-OH is 1. The van der Waals surface area contributed by atoms with Gasteiger partial charge >= 0.3 is 0 Å². The highest BCUT2D eigenvalue weighted by atomic mass is 35.5. The molecule has 1 aromatic rings. The summed E-state index contributed by atoms with van der Waals surface area (Å²) >= 11 is 11.7. The average molecular weight is 221 g/mol. The second kappa shape index (κ2) is 4.18. The maximum Gasteiger partial charge on any atom is 0.194 e. The van der Waals surface area contributed by atoms with E-state index in [1.165, 1.54) is 6.92 Å². The largest absolute Gasteiger partial charge is 0.462 e. The Kier molecular flexibility index (Phi) is 3.42. The summed E-state index contributed by atoms with van der Waals surface area (Å²) in [5.74, 6) is 0.323. The lowest BCUT2D eigenvalue weighted by molar-refractivity contribution is -0.000166. The Morgan fingerprint density at radius 3 is 2.15 bits per heavy atom. The molecule has 1 rings (SSSR count). The van der Waals surface area contributed by atoms with Crippen molar-refractivity contribution in [2.24, 2.45) is 0 Å². The highest BCUT2D eigenvalue weighted by Crippen LogP contribution is 2.34. The zero-order valence-corrected chi connectivity index (χ0v) is 8.86. The normalized spacial score (nSPS) is 12.7. The first kappa shape index (κ1) is 10.6. The number of hydrogen-bond donors (Lipinski definition) is 1. The van der Waals surface area contributed by atoms with E-state index in [-0.39, 0.29) is 0 Å². The predicted octanol–water partition coefficient (Wildman–Crippen LogP) is 3.02. The number of hydrogen-bond acceptors (Lipinski definition) is 2. The summed E-state index contributed by atoms with van der Waals surface area (Å²) in [6, 6.07) is 3.45. The fraction of sp³-hybridized carbons (Fsp3) is 0.333. The first-order valence-corrected chi connectivity index (χ1v) is 4.56. The number of aryl methyl sites for hydroxylation is 1. The van der Waals surface area contributed by atoms with E-state index in [2.05, 4.69) is 0 Å². The van der Waals surface area contributed by atoms with E-state index in [1.54, 1.807) is 12.1 Å². The van der Waals surface area contributed by atoms with Crippen LogP contribution < -0.4 is 4.74 Å². The molecule has 0 saturated carbocycles. The molecule has 0 spiro atoms. The van der Waals surface area contributed by atoms with Gasteiger partial charge in [-0.1, -0.05) is 23.2 Å². The molecule has 13 heavy (non-hydrogen) atoms.